The quantitative estimate of drug-likeness (QED) is 0.788. The molecule has 0 fully saturated rings. The molecule has 0 saturated heterocycles. The Hall–Kier alpha value is -2.14. The molecule has 0 spiro atoms. The fourth-order valence-corrected chi connectivity index (χ4v) is 3.70. The molecule has 1 aliphatic heterocycles. The minimum Gasteiger partial charge on any atom is -0.492 e. The SMILES string of the molecule is CCc1cc2c(N)nc(C3COc4ccccc43)nc2s1. The number of para-hydroxylation sites is 1. The molecule has 106 valence electrons. The standard InChI is InChI=1S/C16H15N3OS/c1-2-9-7-11-14(17)18-15(19-16(11)21-9)12-8-20-13-6-4-3-5-10(12)13/h3-7,12H,2,8H2,1H3,(H2,17,18,19). The van der Waals surface area contributed by atoms with Crippen LogP contribution in [0.2, 0.25) is 0 Å². The number of ether oxygens (including phenoxy) is 1. The summed E-state index contributed by atoms with van der Waals surface area (Å²) in [6.45, 7) is 2.71. The molecule has 1 unspecified atom stereocenters. The van der Waals surface area contributed by atoms with Crippen LogP contribution in [0.3, 0.4) is 0 Å². The summed E-state index contributed by atoms with van der Waals surface area (Å²) in [5, 5.41) is 0.966. The van der Waals surface area contributed by atoms with E-state index in [1.807, 2.05) is 18.2 Å². The molecule has 21 heavy (non-hydrogen) atoms. The van der Waals surface area contributed by atoms with E-state index in [0.717, 1.165) is 33.8 Å². The zero-order chi connectivity index (χ0) is 14.4. The van der Waals surface area contributed by atoms with Crippen LogP contribution in [-0.4, -0.2) is 16.6 Å². The lowest BCUT2D eigenvalue weighted by Crippen LogP contribution is -2.09. The summed E-state index contributed by atoms with van der Waals surface area (Å²) in [7, 11) is 0. The summed E-state index contributed by atoms with van der Waals surface area (Å²) in [6.07, 6.45) is 0.991. The average molecular weight is 297 g/mol. The van der Waals surface area contributed by atoms with Crippen molar-refractivity contribution in [3.63, 3.8) is 0 Å². The molecule has 4 nitrogen and oxygen atoms in total. The number of aromatic nitrogens is 2. The predicted octanol–water partition coefficient (Wildman–Crippen LogP) is 3.36. The molecule has 0 saturated carbocycles. The maximum Gasteiger partial charge on any atom is 0.143 e. The number of nitrogen functional groups attached to an aromatic ring is 1. The highest BCUT2D eigenvalue weighted by molar-refractivity contribution is 7.18. The van der Waals surface area contributed by atoms with Crippen molar-refractivity contribution in [3.8, 4) is 5.75 Å². The van der Waals surface area contributed by atoms with Gasteiger partial charge in [-0.05, 0) is 18.6 Å². The van der Waals surface area contributed by atoms with Crippen molar-refractivity contribution in [3.05, 3.63) is 46.6 Å². The van der Waals surface area contributed by atoms with Crippen molar-refractivity contribution in [1.29, 1.82) is 0 Å². The lowest BCUT2D eigenvalue weighted by molar-refractivity contribution is 0.340. The van der Waals surface area contributed by atoms with E-state index in [1.54, 1.807) is 11.3 Å². The Morgan fingerprint density at radius 1 is 1.33 bits per heavy atom. The zero-order valence-corrected chi connectivity index (χ0v) is 12.5. The Morgan fingerprint density at radius 3 is 3.05 bits per heavy atom. The van der Waals surface area contributed by atoms with Crippen LogP contribution in [0.25, 0.3) is 10.2 Å². The predicted molar refractivity (Wildman–Crippen MR) is 85.0 cm³/mol. The van der Waals surface area contributed by atoms with Gasteiger partial charge in [0.15, 0.2) is 0 Å². The van der Waals surface area contributed by atoms with Crippen molar-refractivity contribution >= 4 is 27.4 Å². The number of anilines is 1. The number of rotatable bonds is 2. The molecule has 0 bridgehead atoms. The number of hydrogen-bond acceptors (Lipinski definition) is 5. The third kappa shape index (κ3) is 1.96. The maximum absolute atomic E-state index is 6.13. The molecule has 4 rings (SSSR count). The summed E-state index contributed by atoms with van der Waals surface area (Å²) < 4.78 is 5.73. The number of nitrogens with zero attached hydrogens (tertiary/aromatic N) is 2. The molecule has 3 aromatic rings. The van der Waals surface area contributed by atoms with Gasteiger partial charge in [0.05, 0.1) is 11.3 Å². The van der Waals surface area contributed by atoms with Crippen LogP contribution in [0.15, 0.2) is 30.3 Å². The molecule has 2 aromatic heterocycles. The largest absolute Gasteiger partial charge is 0.492 e. The van der Waals surface area contributed by atoms with Gasteiger partial charge in [0.2, 0.25) is 0 Å². The molecule has 1 aliphatic rings. The van der Waals surface area contributed by atoms with Crippen LogP contribution < -0.4 is 10.5 Å². The minimum absolute atomic E-state index is 0.0695. The van der Waals surface area contributed by atoms with E-state index in [9.17, 15) is 0 Å². The van der Waals surface area contributed by atoms with Crippen molar-refractivity contribution in [2.24, 2.45) is 0 Å². The van der Waals surface area contributed by atoms with Gasteiger partial charge in [0, 0.05) is 10.4 Å². The van der Waals surface area contributed by atoms with Crippen LogP contribution >= 0.6 is 11.3 Å². The Labute approximate surface area is 126 Å². The fraction of sp³-hybridized carbons (Fsp3) is 0.250. The molecule has 5 heteroatoms. The summed E-state index contributed by atoms with van der Waals surface area (Å²) in [5.41, 5.74) is 7.27. The van der Waals surface area contributed by atoms with Gasteiger partial charge < -0.3 is 10.5 Å². The first kappa shape index (κ1) is 12.6. The first-order chi connectivity index (χ1) is 10.3. The molecule has 0 radical (unpaired) electrons. The summed E-state index contributed by atoms with van der Waals surface area (Å²) in [5.74, 6) is 2.31. The van der Waals surface area contributed by atoms with Gasteiger partial charge in [-0.3, -0.25) is 0 Å². The highest BCUT2D eigenvalue weighted by Gasteiger charge is 2.28. The van der Waals surface area contributed by atoms with E-state index in [2.05, 4.69) is 24.0 Å². The summed E-state index contributed by atoms with van der Waals surface area (Å²) >= 11 is 1.69. The van der Waals surface area contributed by atoms with Crippen LogP contribution in [0.4, 0.5) is 5.82 Å². The van der Waals surface area contributed by atoms with E-state index in [1.165, 1.54) is 4.88 Å². The second-order valence-corrected chi connectivity index (χ2v) is 6.27. The first-order valence-corrected chi connectivity index (χ1v) is 7.85. The van der Waals surface area contributed by atoms with E-state index in [-0.39, 0.29) is 5.92 Å². The lowest BCUT2D eigenvalue weighted by atomic mass is 10.0. The van der Waals surface area contributed by atoms with Gasteiger partial charge in [0.25, 0.3) is 0 Å². The summed E-state index contributed by atoms with van der Waals surface area (Å²) in [4.78, 5) is 11.5. The van der Waals surface area contributed by atoms with Crippen LogP contribution in [0, 0.1) is 0 Å². The van der Waals surface area contributed by atoms with E-state index >= 15 is 0 Å². The number of benzene rings is 1. The van der Waals surface area contributed by atoms with Gasteiger partial charge in [-0.2, -0.15) is 0 Å². The lowest BCUT2D eigenvalue weighted by Gasteiger charge is -2.08. The second kappa shape index (κ2) is 4.70. The van der Waals surface area contributed by atoms with E-state index < -0.39 is 0 Å². The van der Waals surface area contributed by atoms with Crippen LogP contribution in [-0.2, 0) is 6.42 Å². The molecular weight excluding hydrogens is 282 g/mol. The molecule has 2 N–H and O–H groups in total. The second-order valence-electron chi connectivity index (χ2n) is 5.15. The minimum atomic E-state index is 0.0695. The number of aryl methyl sites for hydroxylation is 1. The monoisotopic (exact) mass is 297 g/mol. The van der Waals surface area contributed by atoms with Gasteiger partial charge in [-0.25, -0.2) is 9.97 Å². The highest BCUT2D eigenvalue weighted by atomic mass is 32.1. The van der Waals surface area contributed by atoms with Crippen LogP contribution in [0.5, 0.6) is 5.75 Å². The maximum atomic E-state index is 6.13. The Bertz CT molecular complexity index is 828. The number of hydrogen-bond donors (Lipinski definition) is 1. The van der Waals surface area contributed by atoms with Gasteiger partial charge in [-0.1, -0.05) is 25.1 Å². The first-order valence-electron chi connectivity index (χ1n) is 7.04. The number of fused-ring (bicyclic) bond motifs is 2. The zero-order valence-electron chi connectivity index (χ0n) is 11.7. The third-order valence-corrected chi connectivity index (χ3v) is 5.02. The van der Waals surface area contributed by atoms with E-state index in [4.69, 9.17) is 15.5 Å². The van der Waals surface area contributed by atoms with Crippen molar-refractivity contribution in [1.82, 2.24) is 9.97 Å². The normalized spacial score (nSPS) is 16.9. The van der Waals surface area contributed by atoms with Crippen LogP contribution in [0.1, 0.15) is 29.1 Å². The third-order valence-electron chi connectivity index (χ3n) is 3.85. The smallest absolute Gasteiger partial charge is 0.143 e. The molecular formula is C16H15N3OS. The molecule has 3 heterocycles. The molecule has 1 atom stereocenters. The Kier molecular flexibility index (Phi) is 2.82. The number of thiophene rings is 1. The Morgan fingerprint density at radius 2 is 2.19 bits per heavy atom. The fourth-order valence-electron chi connectivity index (χ4n) is 2.72. The van der Waals surface area contributed by atoms with Gasteiger partial charge in [-0.15, -0.1) is 11.3 Å². The van der Waals surface area contributed by atoms with Crippen molar-refractivity contribution in [2.45, 2.75) is 19.3 Å². The highest BCUT2D eigenvalue weighted by Crippen LogP contribution is 2.38. The van der Waals surface area contributed by atoms with E-state index in [0.29, 0.717) is 12.4 Å². The molecule has 1 aromatic carbocycles. The van der Waals surface area contributed by atoms with Gasteiger partial charge in [0.1, 0.15) is 28.8 Å². The Balaban J connectivity index is 1.84. The van der Waals surface area contributed by atoms with Crippen molar-refractivity contribution < 1.29 is 4.74 Å². The topological polar surface area (TPSA) is 61.0 Å². The summed E-state index contributed by atoms with van der Waals surface area (Å²) in [6, 6.07) is 10.1. The average Bonchev–Trinajstić information content (AvgIpc) is 3.10. The van der Waals surface area contributed by atoms with Crippen molar-refractivity contribution in [2.75, 3.05) is 12.3 Å². The molecule has 0 aliphatic carbocycles. The van der Waals surface area contributed by atoms with Gasteiger partial charge >= 0.3 is 0 Å². The number of nitrogens with two attached hydrogens (primary N) is 1. The molecule has 0 amide bonds.